The summed E-state index contributed by atoms with van der Waals surface area (Å²) in [5.41, 5.74) is 2.99. The second-order valence-corrected chi connectivity index (χ2v) is 7.68. The van der Waals surface area contributed by atoms with E-state index in [1.54, 1.807) is 0 Å². The van der Waals surface area contributed by atoms with E-state index in [0.717, 1.165) is 59.3 Å². The van der Waals surface area contributed by atoms with E-state index in [0.29, 0.717) is 11.8 Å². The first kappa shape index (κ1) is 16.5. The van der Waals surface area contributed by atoms with Crippen LogP contribution in [0.5, 0.6) is 11.8 Å². The Morgan fingerprint density at radius 1 is 1.00 bits per heavy atom. The molecule has 3 N–H and O–H groups in total. The maximum Gasteiger partial charge on any atom is 0.416 e. The molecule has 0 radical (unpaired) electrons. The molecule has 0 aliphatic heterocycles. The number of amides is 1. The van der Waals surface area contributed by atoms with E-state index < -0.39 is 17.6 Å². The molecule has 142 valence electrons. The number of halogens is 3. The van der Waals surface area contributed by atoms with E-state index in [9.17, 15) is 28.2 Å². The summed E-state index contributed by atoms with van der Waals surface area (Å²) in [7, 11) is 0. The summed E-state index contributed by atoms with van der Waals surface area (Å²) in [6, 6.07) is 3.77. The summed E-state index contributed by atoms with van der Waals surface area (Å²) in [6.45, 7) is 0. The molecule has 0 spiro atoms. The number of aromatic hydroxyl groups is 2. The van der Waals surface area contributed by atoms with Gasteiger partial charge >= 0.3 is 6.18 Å². The van der Waals surface area contributed by atoms with Gasteiger partial charge in [-0.05, 0) is 67.2 Å². The molecule has 5 nitrogen and oxygen atoms in total. The second-order valence-electron chi connectivity index (χ2n) is 7.68. The van der Waals surface area contributed by atoms with Gasteiger partial charge in [0.15, 0.2) is 0 Å². The van der Waals surface area contributed by atoms with Gasteiger partial charge in [-0.3, -0.25) is 10.2 Å². The number of hydrogen-bond donors (Lipinski definition) is 3. The van der Waals surface area contributed by atoms with Crippen LogP contribution in [0, 0.1) is 11.8 Å². The highest BCUT2D eigenvalue weighted by Gasteiger charge is 2.59. The van der Waals surface area contributed by atoms with Gasteiger partial charge in [-0.2, -0.15) is 17.8 Å². The van der Waals surface area contributed by atoms with Gasteiger partial charge in [-0.1, -0.05) is 0 Å². The Balaban J connectivity index is 1.45. The van der Waals surface area contributed by atoms with Gasteiger partial charge in [0.05, 0.1) is 5.56 Å². The number of fused-ring (bicyclic) bond motifs is 1. The van der Waals surface area contributed by atoms with Gasteiger partial charge in [0.25, 0.3) is 5.91 Å². The van der Waals surface area contributed by atoms with Crippen molar-refractivity contribution in [1.29, 1.82) is 0 Å². The summed E-state index contributed by atoms with van der Waals surface area (Å²) >= 11 is 0. The molecule has 1 heterocycles. The first-order valence-corrected chi connectivity index (χ1v) is 8.92. The van der Waals surface area contributed by atoms with E-state index in [2.05, 4.69) is 5.43 Å². The number of carbonyl (C=O) groups is 1. The average Bonchev–Trinajstić information content (AvgIpc) is 3.42. The molecule has 27 heavy (non-hydrogen) atoms. The van der Waals surface area contributed by atoms with E-state index in [4.69, 9.17) is 0 Å². The maximum absolute atomic E-state index is 12.6. The van der Waals surface area contributed by atoms with Gasteiger partial charge in [-0.15, -0.1) is 0 Å². The largest absolute Gasteiger partial charge is 0.493 e. The normalized spacial score (nSPS) is 27.8. The summed E-state index contributed by atoms with van der Waals surface area (Å²) < 4.78 is 38.9. The zero-order chi connectivity index (χ0) is 19.1. The molecule has 4 atom stereocenters. The fraction of sp³-hybridized carbons (Fsp3) is 0.421. The van der Waals surface area contributed by atoms with Crippen molar-refractivity contribution < 1.29 is 28.2 Å². The molecule has 4 aliphatic rings. The van der Waals surface area contributed by atoms with Crippen LogP contribution in [0.4, 0.5) is 13.2 Å². The zero-order valence-corrected chi connectivity index (χ0v) is 14.1. The number of hydrogen-bond acceptors (Lipinski definition) is 3. The summed E-state index contributed by atoms with van der Waals surface area (Å²) in [5.74, 6) is 0.422. The fourth-order valence-electron chi connectivity index (χ4n) is 5.06. The Labute approximate surface area is 152 Å². The monoisotopic (exact) mass is 378 g/mol. The van der Waals surface area contributed by atoms with E-state index in [-0.39, 0.29) is 29.2 Å². The SMILES string of the molecule is O=C(Nn1c(O)c2c(c1O)C1CCC2[C@H]2C[C@@H]12)c1ccc(C(F)(F)F)cc1. The highest BCUT2D eigenvalue weighted by molar-refractivity contribution is 6.00. The predicted octanol–water partition coefficient (Wildman–Crippen LogP) is 3.91. The zero-order valence-electron chi connectivity index (χ0n) is 14.1. The van der Waals surface area contributed by atoms with E-state index >= 15 is 0 Å². The summed E-state index contributed by atoms with van der Waals surface area (Å²) in [6.07, 6.45) is -1.45. The molecule has 1 aromatic carbocycles. The van der Waals surface area contributed by atoms with Crippen LogP contribution in [0.15, 0.2) is 24.3 Å². The maximum atomic E-state index is 12.6. The standard InChI is InChI=1S/C19H17F3N2O3/c20-19(21,22)9-3-1-8(2-4-9)16(25)23-24-17(26)14-10-5-6-11(13-7-12(10)13)15(14)18(24)27/h1-4,10-13,26-27H,5-7H2,(H,23,25)/t10?,11?,12-,13+. The van der Waals surface area contributed by atoms with Crippen LogP contribution in [0.1, 0.15) is 58.1 Å². The van der Waals surface area contributed by atoms with Crippen LogP contribution >= 0.6 is 0 Å². The third kappa shape index (κ3) is 2.28. The minimum atomic E-state index is -4.48. The number of carbonyl (C=O) groups excluding carboxylic acids is 1. The molecular formula is C19H17F3N2O3. The average molecular weight is 378 g/mol. The molecule has 2 bridgehead atoms. The first-order valence-electron chi connectivity index (χ1n) is 8.92. The predicted molar refractivity (Wildman–Crippen MR) is 89.2 cm³/mol. The Morgan fingerprint density at radius 3 is 2.00 bits per heavy atom. The van der Waals surface area contributed by atoms with Crippen molar-refractivity contribution in [2.45, 2.75) is 37.3 Å². The van der Waals surface area contributed by atoms with Crippen molar-refractivity contribution in [3.63, 3.8) is 0 Å². The molecular weight excluding hydrogens is 361 g/mol. The third-order valence-corrected chi connectivity index (χ3v) is 6.34. The smallest absolute Gasteiger partial charge is 0.416 e. The molecule has 2 saturated carbocycles. The van der Waals surface area contributed by atoms with Crippen molar-refractivity contribution in [2.75, 3.05) is 5.43 Å². The Morgan fingerprint density at radius 2 is 1.52 bits per heavy atom. The van der Waals surface area contributed by atoms with Crippen LogP contribution in [0.25, 0.3) is 0 Å². The van der Waals surface area contributed by atoms with Crippen LogP contribution in [0.3, 0.4) is 0 Å². The van der Waals surface area contributed by atoms with Crippen molar-refractivity contribution in [2.24, 2.45) is 11.8 Å². The van der Waals surface area contributed by atoms with E-state index in [1.165, 1.54) is 0 Å². The van der Waals surface area contributed by atoms with Crippen LogP contribution in [-0.2, 0) is 6.18 Å². The van der Waals surface area contributed by atoms with E-state index in [1.807, 2.05) is 0 Å². The highest BCUT2D eigenvalue weighted by atomic mass is 19.4. The minimum absolute atomic E-state index is 0.000656. The molecule has 2 aromatic rings. The van der Waals surface area contributed by atoms with Crippen LogP contribution in [-0.4, -0.2) is 20.8 Å². The lowest BCUT2D eigenvalue weighted by Crippen LogP contribution is -2.22. The lowest BCUT2D eigenvalue weighted by atomic mass is 9.68. The van der Waals surface area contributed by atoms with Crippen molar-refractivity contribution >= 4 is 5.91 Å². The lowest BCUT2D eigenvalue weighted by Gasteiger charge is -2.35. The Hall–Kier alpha value is -2.64. The molecule has 2 fully saturated rings. The molecule has 6 rings (SSSR count). The van der Waals surface area contributed by atoms with Gasteiger partial charge in [0, 0.05) is 16.7 Å². The summed E-state index contributed by atoms with van der Waals surface area (Å²) in [5, 5.41) is 21.2. The number of nitrogens with one attached hydrogen (secondary N) is 1. The number of nitrogens with zero attached hydrogens (tertiary/aromatic N) is 1. The van der Waals surface area contributed by atoms with Crippen molar-refractivity contribution in [3.05, 3.63) is 46.5 Å². The molecule has 0 saturated heterocycles. The minimum Gasteiger partial charge on any atom is -0.493 e. The number of aromatic nitrogens is 1. The van der Waals surface area contributed by atoms with Gasteiger partial charge in [0.1, 0.15) is 0 Å². The first-order chi connectivity index (χ1) is 12.8. The molecule has 1 aromatic heterocycles. The van der Waals surface area contributed by atoms with Gasteiger partial charge in [-0.25, -0.2) is 0 Å². The molecule has 4 aliphatic carbocycles. The summed E-state index contributed by atoms with van der Waals surface area (Å²) in [4.78, 5) is 12.4. The Bertz CT molecular complexity index is 909. The molecule has 1 amide bonds. The van der Waals surface area contributed by atoms with Crippen LogP contribution in [0.2, 0.25) is 0 Å². The topological polar surface area (TPSA) is 74.5 Å². The number of benzene rings is 1. The second kappa shape index (κ2) is 5.21. The lowest BCUT2D eigenvalue weighted by molar-refractivity contribution is -0.137. The quantitative estimate of drug-likeness (QED) is 0.742. The molecule has 8 heteroatoms. The van der Waals surface area contributed by atoms with Crippen molar-refractivity contribution in [3.8, 4) is 11.8 Å². The number of alkyl halides is 3. The van der Waals surface area contributed by atoms with Gasteiger partial charge < -0.3 is 10.2 Å². The molecule has 2 unspecified atom stereocenters. The van der Waals surface area contributed by atoms with Gasteiger partial charge in [0.2, 0.25) is 11.8 Å². The highest BCUT2D eigenvalue weighted by Crippen LogP contribution is 2.70. The fourth-order valence-corrected chi connectivity index (χ4v) is 5.06. The Kier molecular flexibility index (Phi) is 3.19. The third-order valence-electron chi connectivity index (χ3n) is 6.34. The van der Waals surface area contributed by atoms with Crippen molar-refractivity contribution in [1.82, 2.24) is 4.68 Å². The van der Waals surface area contributed by atoms with Crippen LogP contribution < -0.4 is 5.43 Å². The number of rotatable bonds is 2.